The maximum atomic E-state index is 13.3. The van der Waals surface area contributed by atoms with Crippen LogP contribution in [0.4, 0.5) is 5.69 Å². The van der Waals surface area contributed by atoms with E-state index < -0.39 is 5.97 Å². The van der Waals surface area contributed by atoms with Crippen LogP contribution in [0.3, 0.4) is 0 Å². The van der Waals surface area contributed by atoms with Crippen molar-refractivity contribution in [2.75, 3.05) is 19.0 Å². The van der Waals surface area contributed by atoms with Gasteiger partial charge < -0.3 is 20.5 Å². The van der Waals surface area contributed by atoms with Crippen LogP contribution < -0.4 is 15.4 Å². The zero-order valence-electron chi connectivity index (χ0n) is 20.8. The second-order valence-electron chi connectivity index (χ2n) is 8.48. The van der Waals surface area contributed by atoms with Gasteiger partial charge in [-0.25, -0.2) is 0 Å². The molecule has 0 radical (unpaired) electrons. The van der Waals surface area contributed by atoms with Crippen molar-refractivity contribution in [3.63, 3.8) is 0 Å². The summed E-state index contributed by atoms with van der Waals surface area (Å²) in [4.78, 5) is 36.2. The van der Waals surface area contributed by atoms with E-state index in [1.807, 2.05) is 0 Å². The lowest BCUT2D eigenvalue weighted by Crippen LogP contribution is -2.26. The molecule has 0 aliphatic heterocycles. The van der Waals surface area contributed by atoms with Crippen molar-refractivity contribution in [1.29, 1.82) is 0 Å². The van der Waals surface area contributed by atoms with Crippen molar-refractivity contribution in [2.45, 2.75) is 13.0 Å². The standard InChI is InChI=1S/C28H24Cl2N4O5/c1-39-21-9-7-20(8-10-21)32-28(38)25-15-24(19-6-11-22(29)23(30)14-19)33-34(25)16-17-2-4-18(5-3-17)27(37)31-13-12-26(35)36/h2-11,14-15H,12-13,16H2,1H3,(H,31,37)(H,32,38)(H,35,36). The van der Waals surface area contributed by atoms with E-state index in [1.54, 1.807) is 84.6 Å². The predicted octanol–water partition coefficient (Wildman–Crippen LogP) is 5.37. The molecule has 0 bridgehead atoms. The summed E-state index contributed by atoms with van der Waals surface area (Å²) in [5.74, 6) is -1.06. The molecule has 0 saturated heterocycles. The topological polar surface area (TPSA) is 123 Å². The monoisotopic (exact) mass is 566 g/mol. The molecule has 0 aliphatic carbocycles. The van der Waals surface area contributed by atoms with Crippen molar-refractivity contribution in [3.05, 3.63) is 99.7 Å². The van der Waals surface area contributed by atoms with E-state index in [0.29, 0.717) is 44.0 Å². The number of amides is 2. The minimum atomic E-state index is -0.989. The van der Waals surface area contributed by atoms with Crippen LogP contribution in [0.25, 0.3) is 11.3 Å². The van der Waals surface area contributed by atoms with Crippen molar-refractivity contribution < 1.29 is 24.2 Å². The van der Waals surface area contributed by atoms with Gasteiger partial charge in [-0.05, 0) is 60.2 Å². The highest BCUT2D eigenvalue weighted by Crippen LogP contribution is 2.29. The molecule has 1 aromatic heterocycles. The smallest absolute Gasteiger partial charge is 0.305 e. The third-order valence-electron chi connectivity index (χ3n) is 5.75. The van der Waals surface area contributed by atoms with Gasteiger partial charge in [-0.3, -0.25) is 19.1 Å². The Balaban J connectivity index is 1.58. The van der Waals surface area contributed by atoms with Gasteiger partial charge in [-0.1, -0.05) is 41.4 Å². The molecule has 0 fully saturated rings. The molecule has 2 amide bonds. The lowest BCUT2D eigenvalue weighted by molar-refractivity contribution is -0.136. The Morgan fingerprint density at radius 2 is 1.64 bits per heavy atom. The third kappa shape index (κ3) is 7.16. The van der Waals surface area contributed by atoms with Gasteiger partial charge in [0.05, 0.1) is 35.8 Å². The molecule has 11 heteroatoms. The van der Waals surface area contributed by atoms with Crippen LogP contribution >= 0.6 is 23.2 Å². The number of halogens is 2. The van der Waals surface area contributed by atoms with Gasteiger partial charge in [-0.15, -0.1) is 0 Å². The molecule has 0 saturated carbocycles. The molecule has 39 heavy (non-hydrogen) atoms. The van der Waals surface area contributed by atoms with Crippen LogP contribution in [0.2, 0.25) is 10.0 Å². The summed E-state index contributed by atoms with van der Waals surface area (Å²) in [6.45, 7) is 0.279. The van der Waals surface area contributed by atoms with Crippen LogP contribution in [0.1, 0.15) is 32.8 Å². The molecule has 1 heterocycles. The summed E-state index contributed by atoms with van der Waals surface area (Å²) in [6, 6.07) is 20.5. The summed E-state index contributed by atoms with van der Waals surface area (Å²) in [6.07, 6.45) is -0.161. The molecule has 0 atom stereocenters. The molecule has 9 nitrogen and oxygen atoms in total. The maximum absolute atomic E-state index is 13.3. The van der Waals surface area contributed by atoms with E-state index in [9.17, 15) is 14.4 Å². The van der Waals surface area contributed by atoms with E-state index in [2.05, 4.69) is 15.7 Å². The summed E-state index contributed by atoms with van der Waals surface area (Å²) in [5.41, 5.74) is 3.29. The van der Waals surface area contributed by atoms with Gasteiger partial charge in [0.2, 0.25) is 0 Å². The Labute approximate surface area is 234 Å². The van der Waals surface area contributed by atoms with Crippen LogP contribution in [-0.4, -0.2) is 46.3 Å². The summed E-state index contributed by atoms with van der Waals surface area (Å²) in [5, 5.41) is 19.6. The SMILES string of the molecule is COc1ccc(NC(=O)c2cc(-c3ccc(Cl)c(Cl)c3)nn2Cc2ccc(C(=O)NCCC(=O)O)cc2)cc1. The van der Waals surface area contributed by atoms with Crippen molar-refractivity contribution in [3.8, 4) is 17.0 Å². The Bertz CT molecular complexity index is 1500. The van der Waals surface area contributed by atoms with Crippen molar-refractivity contribution in [1.82, 2.24) is 15.1 Å². The molecule has 0 spiro atoms. The van der Waals surface area contributed by atoms with Gasteiger partial charge in [0.25, 0.3) is 11.8 Å². The highest BCUT2D eigenvalue weighted by atomic mass is 35.5. The van der Waals surface area contributed by atoms with Gasteiger partial charge in [0.15, 0.2) is 0 Å². The largest absolute Gasteiger partial charge is 0.497 e. The number of nitrogens with zero attached hydrogens (tertiary/aromatic N) is 2. The molecule has 3 aromatic carbocycles. The fraction of sp³-hybridized carbons (Fsp3) is 0.143. The quantitative estimate of drug-likeness (QED) is 0.237. The molecule has 3 N–H and O–H groups in total. The van der Waals surface area contributed by atoms with Gasteiger partial charge in [0.1, 0.15) is 11.4 Å². The number of carbonyl (C=O) groups is 3. The maximum Gasteiger partial charge on any atom is 0.305 e. The number of hydrogen-bond acceptors (Lipinski definition) is 5. The zero-order chi connectivity index (χ0) is 27.9. The number of anilines is 1. The average molecular weight is 567 g/mol. The molecule has 0 unspecified atom stereocenters. The Hall–Kier alpha value is -4.34. The minimum Gasteiger partial charge on any atom is -0.497 e. The number of carboxylic acids is 1. The molecular formula is C28H24Cl2N4O5. The van der Waals surface area contributed by atoms with Crippen LogP contribution in [0, 0.1) is 0 Å². The van der Waals surface area contributed by atoms with Gasteiger partial charge in [-0.2, -0.15) is 5.10 Å². The number of methoxy groups -OCH3 is 1. The first-order valence-corrected chi connectivity index (χ1v) is 12.6. The number of nitrogens with one attached hydrogen (secondary N) is 2. The number of hydrogen-bond donors (Lipinski definition) is 3. The number of aliphatic carboxylic acids is 1. The van der Waals surface area contributed by atoms with Crippen molar-refractivity contribution >= 4 is 46.7 Å². The number of carboxylic acid groups (broad SMARTS) is 1. The molecule has 0 aliphatic rings. The Morgan fingerprint density at radius 3 is 2.28 bits per heavy atom. The highest BCUT2D eigenvalue weighted by Gasteiger charge is 2.18. The fourth-order valence-electron chi connectivity index (χ4n) is 3.71. The van der Waals surface area contributed by atoms with Gasteiger partial charge in [0, 0.05) is 23.4 Å². The van der Waals surface area contributed by atoms with E-state index in [1.165, 1.54) is 0 Å². The number of rotatable bonds is 10. The first-order chi connectivity index (χ1) is 18.7. The van der Waals surface area contributed by atoms with E-state index in [4.69, 9.17) is 33.0 Å². The number of ether oxygens (including phenoxy) is 1. The lowest BCUT2D eigenvalue weighted by Gasteiger charge is -2.10. The van der Waals surface area contributed by atoms with Crippen LogP contribution in [0.15, 0.2) is 72.8 Å². The van der Waals surface area contributed by atoms with E-state index in [0.717, 1.165) is 5.56 Å². The molecule has 4 rings (SSSR count). The van der Waals surface area contributed by atoms with Crippen LogP contribution in [0.5, 0.6) is 5.75 Å². The van der Waals surface area contributed by atoms with E-state index >= 15 is 0 Å². The minimum absolute atomic E-state index is 0.0351. The zero-order valence-corrected chi connectivity index (χ0v) is 22.3. The second kappa shape index (κ2) is 12.5. The first kappa shape index (κ1) is 27.7. The third-order valence-corrected chi connectivity index (χ3v) is 6.49. The van der Waals surface area contributed by atoms with Gasteiger partial charge >= 0.3 is 5.97 Å². The second-order valence-corrected chi connectivity index (χ2v) is 9.29. The normalized spacial score (nSPS) is 10.6. The highest BCUT2D eigenvalue weighted by molar-refractivity contribution is 6.42. The lowest BCUT2D eigenvalue weighted by atomic mass is 10.1. The average Bonchev–Trinajstić information content (AvgIpc) is 3.34. The Morgan fingerprint density at radius 1 is 0.923 bits per heavy atom. The van der Waals surface area contributed by atoms with Crippen LogP contribution in [-0.2, 0) is 11.3 Å². The molecule has 200 valence electrons. The number of carbonyl (C=O) groups excluding carboxylic acids is 2. The predicted molar refractivity (Wildman–Crippen MR) is 149 cm³/mol. The first-order valence-electron chi connectivity index (χ1n) is 11.8. The molecule has 4 aromatic rings. The summed E-state index contributed by atoms with van der Waals surface area (Å²) in [7, 11) is 1.56. The number of benzene rings is 3. The molecular weight excluding hydrogens is 543 g/mol. The number of aromatic nitrogens is 2. The fourth-order valence-corrected chi connectivity index (χ4v) is 4.00. The Kier molecular flexibility index (Phi) is 8.85. The summed E-state index contributed by atoms with van der Waals surface area (Å²) < 4.78 is 6.74. The van der Waals surface area contributed by atoms with E-state index in [-0.39, 0.29) is 31.3 Å². The summed E-state index contributed by atoms with van der Waals surface area (Å²) >= 11 is 12.3. The van der Waals surface area contributed by atoms with Crippen molar-refractivity contribution in [2.24, 2.45) is 0 Å².